The summed E-state index contributed by atoms with van der Waals surface area (Å²) in [5.41, 5.74) is 0.956. The second-order valence-electron chi connectivity index (χ2n) is 4.57. The van der Waals surface area contributed by atoms with E-state index in [4.69, 9.17) is 5.26 Å². The van der Waals surface area contributed by atoms with Crippen molar-refractivity contribution < 1.29 is 0 Å². The van der Waals surface area contributed by atoms with Crippen molar-refractivity contribution in [1.29, 1.82) is 5.26 Å². The van der Waals surface area contributed by atoms with E-state index in [9.17, 15) is 0 Å². The van der Waals surface area contributed by atoms with Gasteiger partial charge in [-0.05, 0) is 27.8 Å². The molecule has 0 aliphatic rings. The Morgan fingerprint density at radius 2 is 2.22 bits per heavy atom. The summed E-state index contributed by atoms with van der Waals surface area (Å²) in [5.74, 6) is 1.67. The van der Waals surface area contributed by atoms with Gasteiger partial charge in [0.25, 0.3) is 0 Å². The van der Waals surface area contributed by atoms with Gasteiger partial charge in [0.1, 0.15) is 11.6 Å². The Balaban J connectivity index is 2.69. The summed E-state index contributed by atoms with van der Waals surface area (Å²) in [4.78, 5) is 10.9. The average molecular weight is 247 g/mol. The SMILES string of the molecule is CCNc1cc(C)nc(CN(C)CC(C)C#N)n1. The number of aryl methyl sites for hydroxylation is 1. The molecule has 0 aliphatic carbocycles. The van der Waals surface area contributed by atoms with E-state index >= 15 is 0 Å². The molecule has 1 aromatic heterocycles. The molecule has 0 aromatic carbocycles. The van der Waals surface area contributed by atoms with Crippen LogP contribution < -0.4 is 5.32 Å². The number of hydrogen-bond donors (Lipinski definition) is 1. The van der Waals surface area contributed by atoms with Crippen LogP contribution in [0.15, 0.2) is 6.07 Å². The number of nitrogens with zero attached hydrogens (tertiary/aromatic N) is 4. The molecular formula is C13H21N5. The average Bonchev–Trinajstić information content (AvgIpc) is 2.28. The first-order valence-corrected chi connectivity index (χ1v) is 6.21. The van der Waals surface area contributed by atoms with Crippen molar-refractivity contribution in [3.8, 4) is 6.07 Å². The van der Waals surface area contributed by atoms with Gasteiger partial charge in [0.05, 0.1) is 18.5 Å². The third-order valence-electron chi connectivity index (χ3n) is 2.48. The number of anilines is 1. The van der Waals surface area contributed by atoms with E-state index < -0.39 is 0 Å². The summed E-state index contributed by atoms with van der Waals surface area (Å²) >= 11 is 0. The highest BCUT2D eigenvalue weighted by Gasteiger charge is 2.08. The van der Waals surface area contributed by atoms with Gasteiger partial charge in [-0.2, -0.15) is 5.26 Å². The zero-order chi connectivity index (χ0) is 13.5. The van der Waals surface area contributed by atoms with Crippen LogP contribution in [0.1, 0.15) is 25.4 Å². The molecule has 1 aromatic rings. The van der Waals surface area contributed by atoms with Gasteiger partial charge in [-0.3, -0.25) is 4.90 Å². The lowest BCUT2D eigenvalue weighted by atomic mass is 10.2. The predicted octanol–water partition coefficient (Wildman–Crippen LogP) is 1.81. The first-order valence-electron chi connectivity index (χ1n) is 6.21. The minimum Gasteiger partial charge on any atom is -0.370 e. The Hall–Kier alpha value is -1.67. The third-order valence-corrected chi connectivity index (χ3v) is 2.48. The molecule has 1 heterocycles. The Labute approximate surface area is 109 Å². The minimum absolute atomic E-state index is 0.0213. The van der Waals surface area contributed by atoms with Crippen LogP contribution in [0.25, 0.3) is 0 Å². The molecule has 0 spiro atoms. The van der Waals surface area contributed by atoms with Gasteiger partial charge in [0, 0.05) is 24.8 Å². The molecule has 98 valence electrons. The van der Waals surface area contributed by atoms with E-state index in [1.54, 1.807) is 0 Å². The van der Waals surface area contributed by atoms with E-state index in [0.29, 0.717) is 6.54 Å². The van der Waals surface area contributed by atoms with Gasteiger partial charge in [0.15, 0.2) is 0 Å². The van der Waals surface area contributed by atoms with Crippen molar-refractivity contribution >= 4 is 5.82 Å². The standard InChI is InChI=1S/C13H21N5/c1-5-15-12-6-11(3)16-13(17-12)9-18(4)8-10(2)7-14/h6,10H,5,8-9H2,1-4H3,(H,15,16,17). The molecule has 0 fully saturated rings. The van der Waals surface area contributed by atoms with Crippen LogP contribution in [0.2, 0.25) is 0 Å². The van der Waals surface area contributed by atoms with Crippen molar-refractivity contribution in [3.63, 3.8) is 0 Å². The van der Waals surface area contributed by atoms with Crippen molar-refractivity contribution in [3.05, 3.63) is 17.6 Å². The minimum atomic E-state index is 0.0213. The fourth-order valence-corrected chi connectivity index (χ4v) is 1.79. The summed E-state index contributed by atoms with van der Waals surface area (Å²) in [6.45, 7) is 8.15. The van der Waals surface area contributed by atoms with Crippen molar-refractivity contribution in [2.45, 2.75) is 27.3 Å². The third kappa shape index (κ3) is 4.68. The van der Waals surface area contributed by atoms with E-state index in [2.05, 4.69) is 26.3 Å². The molecule has 1 rings (SSSR count). The fourth-order valence-electron chi connectivity index (χ4n) is 1.79. The molecule has 5 heteroatoms. The fraction of sp³-hybridized carbons (Fsp3) is 0.615. The lowest BCUT2D eigenvalue weighted by Gasteiger charge is -2.17. The molecule has 0 bridgehead atoms. The molecule has 0 aliphatic heterocycles. The first-order chi connectivity index (χ1) is 8.55. The zero-order valence-corrected chi connectivity index (χ0v) is 11.6. The van der Waals surface area contributed by atoms with Crippen LogP contribution in [-0.4, -0.2) is 35.0 Å². The molecule has 1 N–H and O–H groups in total. The Bertz CT molecular complexity index is 424. The van der Waals surface area contributed by atoms with Crippen LogP contribution in [0, 0.1) is 24.2 Å². The van der Waals surface area contributed by atoms with Gasteiger partial charge in [0.2, 0.25) is 0 Å². The lowest BCUT2D eigenvalue weighted by molar-refractivity contribution is 0.296. The lowest BCUT2D eigenvalue weighted by Crippen LogP contribution is -2.24. The maximum absolute atomic E-state index is 8.79. The van der Waals surface area contributed by atoms with E-state index in [1.807, 2.05) is 33.9 Å². The van der Waals surface area contributed by atoms with Crippen molar-refractivity contribution in [2.24, 2.45) is 5.92 Å². The smallest absolute Gasteiger partial charge is 0.144 e. The highest BCUT2D eigenvalue weighted by Crippen LogP contribution is 2.08. The van der Waals surface area contributed by atoms with Crippen LogP contribution in [0.4, 0.5) is 5.82 Å². The quantitative estimate of drug-likeness (QED) is 0.830. The molecule has 1 atom stereocenters. The molecule has 5 nitrogen and oxygen atoms in total. The summed E-state index contributed by atoms with van der Waals surface area (Å²) < 4.78 is 0. The first kappa shape index (κ1) is 14.4. The van der Waals surface area contributed by atoms with Gasteiger partial charge < -0.3 is 5.32 Å². The number of aromatic nitrogens is 2. The maximum atomic E-state index is 8.79. The number of rotatable bonds is 6. The largest absolute Gasteiger partial charge is 0.370 e. The maximum Gasteiger partial charge on any atom is 0.144 e. The molecule has 0 saturated heterocycles. The van der Waals surface area contributed by atoms with Gasteiger partial charge >= 0.3 is 0 Å². The second-order valence-corrected chi connectivity index (χ2v) is 4.57. The van der Waals surface area contributed by atoms with E-state index in [0.717, 1.165) is 30.4 Å². The normalized spacial score (nSPS) is 12.2. The molecular weight excluding hydrogens is 226 g/mol. The molecule has 18 heavy (non-hydrogen) atoms. The highest BCUT2D eigenvalue weighted by molar-refractivity contribution is 5.35. The molecule has 0 amide bonds. The van der Waals surface area contributed by atoms with E-state index in [-0.39, 0.29) is 5.92 Å². The molecule has 1 unspecified atom stereocenters. The van der Waals surface area contributed by atoms with Crippen molar-refractivity contribution in [2.75, 3.05) is 25.5 Å². The number of nitriles is 1. The summed E-state index contributed by atoms with van der Waals surface area (Å²) in [5, 5.41) is 12.0. The predicted molar refractivity (Wildman–Crippen MR) is 72.0 cm³/mol. The van der Waals surface area contributed by atoms with Crippen LogP contribution in [0.3, 0.4) is 0 Å². The molecule has 0 radical (unpaired) electrons. The highest BCUT2D eigenvalue weighted by atomic mass is 15.1. The van der Waals surface area contributed by atoms with Crippen LogP contribution in [0.5, 0.6) is 0 Å². The Morgan fingerprint density at radius 3 is 2.83 bits per heavy atom. The zero-order valence-electron chi connectivity index (χ0n) is 11.6. The van der Waals surface area contributed by atoms with Crippen LogP contribution >= 0.6 is 0 Å². The Kier molecular flexibility index (Phi) is 5.53. The number of nitrogens with one attached hydrogen (secondary N) is 1. The van der Waals surface area contributed by atoms with Gasteiger partial charge in [-0.1, -0.05) is 0 Å². The second kappa shape index (κ2) is 6.92. The summed E-state index contributed by atoms with van der Waals surface area (Å²) in [6.07, 6.45) is 0. The summed E-state index contributed by atoms with van der Waals surface area (Å²) in [7, 11) is 1.98. The van der Waals surface area contributed by atoms with Crippen LogP contribution in [-0.2, 0) is 6.54 Å². The molecule has 0 saturated carbocycles. The van der Waals surface area contributed by atoms with E-state index in [1.165, 1.54) is 0 Å². The van der Waals surface area contributed by atoms with Gasteiger partial charge in [-0.15, -0.1) is 0 Å². The van der Waals surface area contributed by atoms with Crippen molar-refractivity contribution in [1.82, 2.24) is 14.9 Å². The number of hydrogen-bond acceptors (Lipinski definition) is 5. The topological polar surface area (TPSA) is 64.8 Å². The van der Waals surface area contributed by atoms with Gasteiger partial charge in [-0.25, -0.2) is 9.97 Å². The summed E-state index contributed by atoms with van der Waals surface area (Å²) in [6, 6.07) is 4.17. The Morgan fingerprint density at radius 1 is 1.50 bits per heavy atom. The monoisotopic (exact) mass is 247 g/mol.